The van der Waals surface area contributed by atoms with Gasteiger partial charge in [0, 0.05) is 23.6 Å². The van der Waals surface area contributed by atoms with E-state index in [0.29, 0.717) is 23.5 Å². The minimum absolute atomic E-state index is 0.290. The van der Waals surface area contributed by atoms with Crippen LogP contribution in [0.25, 0.3) is 11.0 Å². The predicted octanol–water partition coefficient (Wildman–Crippen LogP) is 2.65. The Hall–Kier alpha value is -1.55. The van der Waals surface area contributed by atoms with Crippen LogP contribution in [0.5, 0.6) is 5.75 Å². The molecular formula is C12H14FNO2. The first kappa shape index (κ1) is 11.0. The molecule has 2 aromatic rings. The van der Waals surface area contributed by atoms with E-state index in [4.69, 9.17) is 4.42 Å². The zero-order valence-corrected chi connectivity index (χ0v) is 9.54. The van der Waals surface area contributed by atoms with Crippen molar-refractivity contribution in [3.63, 3.8) is 0 Å². The Bertz CT molecular complexity index is 531. The van der Waals surface area contributed by atoms with Crippen LogP contribution in [-0.4, -0.2) is 24.1 Å². The zero-order chi connectivity index (χ0) is 11.9. The fourth-order valence-electron chi connectivity index (χ4n) is 1.81. The molecule has 0 saturated carbocycles. The lowest BCUT2D eigenvalue weighted by atomic mass is 10.1. The molecule has 0 amide bonds. The molecule has 0 fully saturated rings. The fraction of sp³-hybridized carbons (Fsp3) is 0.333. The zero-order valence-electron chi connectivity index (χ0n) is 9.54. The second-order valence-electron chi connectivity index (χ2n) is 4.19. The van der Waals surface area contributed by atoms with Gasteiger partial charge in [-0.1, -0.05) is 0 Å². The van der Waals surface area contributed by atoms with Crippen LogP contribution in [0.4, 0.5) is 4.39 Å². The Kier molecular flexibility index (Phi) is 2.59. The Morgan fingerprint density at radius 2 is 2.06 bits per heavy atom. The monoisotopic (exact) mass is 223 g/mol. The van der Waals surface area contributed by atoms with E-state index in [2.05, 4.69) is 0 Å². The summed E-state index contributed by atoms with van der Waals surface area (Å²) in [5.41, 5.74) is 1.04. The minimum atomic E-state index is -0.640. The van der Waals surface area contributed by atoms with Crippen molar-refractivity contribution >= 4 is 11.0 Å². The highest BCUT2D eigenvalue weighted by atomic mass is 19.1. The molecule has 16 heavy (non-hydrogen) atoms. The third-order valence-corrected chi connectivity index (χ3v) is 2.45. The van der Waals surface area contributed by atoms with E-state index >= 15 is 0 Å². The van der Waals surface area contributed by atoms with Gasteiger partial charge < -0.3 is 14.4 Å². The quantitative estimate of drug-likeness (QED) is 0.850. The molecule has 0 bridgehead atoms. The van der Waals surface area contributed by atoms with Crippen molar-refractivity contribution < 1.29 is 13.9 Å². The molecule has 0 unspecified atom stereocenters. The van der Waals surface area contributed by atoms with Crippen LogP contribution < -0.4 is 0 Å². The van der Waals surface area contributed by atoms with E-state index in [1.165, 1.54) is 6.07 Å². The average Bonchev–Trinajstić information content (AvgIpc) is 2.53. The molecule has 0 saturated heterocycles. The number of phenols is 1. The summed E-state index contributed by atoms with van der Waals surface area (Å²) in [6.07, 6.45) is 0. The Morgan fingerprint density at radius 1 is 1.38 bits per heavy atom. The summed E-state index contributed by atoms with van der Waals surface area (Å²) in [4.78, 5) is 1.87. The molecule has 1 aromatic heterocycles. The van der Waals surface area contributed by atoms with Crippen LogP contribution >= 0.6 is 0 Å². The van der Waals surface area contributed by atoms with E-state index in [-0.39, 0.29) is 5.75 Å². The van der Waals surface area contributed by atoms with Gasteiger partial charge in [0.15, 0.2) is 11.6 Å². The Morgan fingerprint density at radius 3 is 2.69 bits per heavy atom. The number of halogens is 1. The lowest BCUT2D eigenvalue weighted by Crippen LogP contribution is -2.11. The number of furan rings is 1. The first-order valence-electron chi connectivity index (χ1n) is 5.04. The number of aryl methyl sites for hydroxylation is 1. The van der Waals surface area contributed by atoms with Crippen molar-refractivity contribution in [1.82, 2.24) is 4.90 Å². The van der Waals surface area contributed by atoms with Crippen molar-refractivity contribution in [2.45, 2.75) is 13.5 Å². The van der Waals surface area contributed by atoms with E-state index in [0.717, 1.165) is 5.39 Å². The van der Waals surface area contributed by atoms with Gasteiger partial charge >= 0.3 is 0 Å². The maximum Gasteiger partial charge on any atom is 0.168 e. The molecule has 86 valence electrons. The second kappa shape index (κ2) is 3.79. The molecule has 0 aliphatic rings. The maximum atomic E-state index is 13.4. The smallest absolute Gasteiger partial charge is 0.168 e. The van der Waals surface area contributed by atoms with Crippen molar-refractivity contribution in [2.75, 3.05) is 14.1 Å². The van der Waals surface area contributed by atoms with Gasteiger partial charge in [-0.25, -0.2) is 4.39 Å². The summed E-state index contributed by atoms with van der Waals surface area (Å²) in [5.74, 6) is -0.222. The van der Waals surface area contributed by atoms with Gasteiger partial charge in [-0.3, -0.25) is 0 Å². The standard InChI is InChI=1S/C12H14FNO2/c1-7-4-8-9(6-14(2)3)12(15)10(13)5-11(8)16-7/h4-5,15H,6H2,1-3H3. The molecule has 3 nitrogen and oxygen atoms in total. The summed E-state index contributed by atoms with van der Waals surface area (Å²) in [6.45, 7) is 2.27. The summed E-state index contributed by atoms with van der Waals surface area (Å²) < 4.78 is 18.8. The molecule has 0 radical (unpaired) electrons. The Balaban J connectivity index is 2.70. The second-order valence-corrected chi connectivity index (χ2v) is 4.19. The van der Waals surface area contributed by atoms with Crippen LogP contribution in [-0.2, 0) is 6.54 Å². The lowest BCUT2D eigenvalue weighted by Gasteiger charge is -2.12. The SMILES string of the molecule is Cc1cc2c(CN(C)C)c(O)c(F)cc2o1. The van der Waals surface area contributed by atoms with Gasteiger partial charge in [-0.05, 0) is 27.1 Å². The predicted molar refractivity (Wildman–Crippen MR) is 60.0 cm³/mol. The van der Waals surface area contributed by atoms with Crippen molar-refractivity contribution in [3.05, 3.63) is 29.3 Å². The number of hydrogen-bond acceptors (Lipinski definition) is 3. The highest BCUT2D eigenvalue weighted by Gasteiger charge is 2.16. The molecule has 1 heterocycles. The molecule has 1 N–H and O–H groups in total. The molecule has 0 aliphatic heterocycles. The first-order valence-corrected chi connectivity index (χ1v) is 5.04. The van der Waals surface area contributed by atoms with Crippen molar-refractivity contribution in [3.8, 4) is 5.75 Å². The van der Waals surface area contributed by atoms with Gasteiger partial charge in [0.1, 0.15) is 11.3 Å². The van der Waals surface area contributed by atoms with Crippen molar-refractivity contribution in [2.24, 2.45) is 0 Å². The number of benzene rings is 1. The van der Waals surface area contributed by atoms with Gasteiger partial charge in [0.2, 0.25) is 0 Å². The third-order valence-electron chi connectivity index (χ3n) is 2.45. The summed E-state index contributed by atoms with van der Waals surface area (Å²) >= 11 is 0. The average molecular weight is 223 g/mol. The van der Waals surface area contributed by atoms with Crippen LogP contribution in [0.1, 0.15) is 11.3 Å². The third kappa shape index (κ3) is 1.76. The number of aromatic hydroxyl groups is 1. The van der Waals surface area contributed by atoms with Gasteiger partial charge in [0.05, 0.1) is 0 Å². The largest absolute Gasteiger partial charge is 0.505 e. The normalized spacial score (nSPS) is 11.6. The van der Waals surface area contributed by atoms with E-state index < -0.39 is 5.82 Å². The van der Waals surface area contributed by atoms with Crippen molar-refractivity contribution in [1.29, 1.82) is 0 Å². The number of phenolic OH excluding ortho intramolecular Hbond substituents is 1. The molecule has 0 atom stereocenters. The highest BCUT2D eigenvalue weighted by molar-refractivity contribution is 5.84. The highest BCUT2D eigenvalue weighted by Crippen LogP contribution is 2.32. The number of fused-ring (bicyclic) bond motifs is 1. The molecule has 0 aliphatic carbocycles. The van der Waals surface area contributed by atoms with Gasteiger partial charge in [-0.15, -0.1) is 0 Å². The molecular weight excluding hydrogens is 209 g/mol. The first-order chi connectivity index (χ1) is 7.49. The van der Waals surface area contributed by atoms with E-state index in [1.807, 2.05) is 25.1 Å². The van der Waals surface area contributed by atoms with Crippen LogP contribution in [0, 0.1) is 12.7 Å². The van der Waals surface area contributed by atoms with E-state index in [9.17, 15) is 9.50 Å². The van der Waals surface area contributed by atoms with Gasteiger partial charge in [-0.2, -0.15) is 0 Å². The molecule has 4 heteroatoms. The topological polar surface area (TPSA) is 36.6 Å². The van der Waals surface area contributed by atoms with E-state index in [1.54, 1.807) is 6.92 Å². The summed E-state index contributed by atoms with van der Waals surface area (Å²) in [7, 11) is 3.73. The number of rotatable bonds is 2. The summed E-state index contributed by atoms with van der Waals surface area (Å²) in [6, 6.07) is 3.03. The molecule has 1 aromatic carbocycles. The van der Waals surface area contributed by atoms with Crippen LogP contribution in [0.3, 0.4) is 0 Å². The van der Waals surface area contributed by atoms with Crippen LogP contribution in [0.2, 0.25) is 0 Å². The molecule has 0 spiro atoms. The van der Waals surface area contributed by atoms with Gasteiger partial charge in [0.25, 0.3) is 0 Å². The lowest BCUT2D eigenvalue weighted by molar-refractivity contribution is 0.377. The number of hydrogen-bond donors (Lipinski definition) is 1. The fourth-order valence-corrected chi connectivity index (χ4v) is 1.81. The maximum absolute atomic E-state index is 13.4. The van der Waals surface area contributed by atoms with Crippen LogP contribution in [0.15, 0.2) is 16.5 Å². The Labute approximate surface area is 93.1 Å². The number of nitrogens with zero attached hydrogens (tertiary/aromatic N) is 1. The minimum Gasteiger partial charge on any atom is -0.505 e. The molecule has 2 rings (SSSR count). The summed E-state index contributed by atoms with van der Waals surface area (Å²) in [5, 5.41) is 10.5.